The molecule has 0 saturated heterocycles. The maximum Gasteiger partial charge on any atom is 0.258 e. The van der Waals surface area contributed by atoms with Crippen LogP contribution in [-0.4, -0.2) is 29.8 Å². The van der Waals surface area contributed by atoms with E-state index in [-0.39, 0.29) is 19.1 Å². The van der Waals surface area contributed by atoms with Gasteiger partial charge in [0.15, 0.2) is 6.61 Å². The third kappa shape index (κ3) is 3.35. The lowest BCUT2D eigenvalue weighted by Gasteiger charge is -2.14. The van der Waals surface area contributed by atoms with Crippen molar-refractivity contribution in [3.8, 4) is 5.75 Å². The second-order valence-electron chi connectivity index (χ2n) is 4.23. The average molecular weight is 256 g/mol. The third-order valence-corrected chi connectivity index (χ3v) is 2.96. The van der Waals surface area contributed by atoms with E-state index in [2.05, 4.69) is 5.32 Å². The fourth-order valence-corrected chi connectivity index (χ4v) is 1.69. The third-order valence-electron chi connectivity index (χ3n) is 2.73. The van der Waals surface area contributed by atoms with E-state index in [0.717, 1.165) is 12.8 Å². The maximum atomic E-state index is 11.5. The molecule has 0 aliphatic heterocycles. The molecule has 2 rings (SSSR count). The van der Waals surface area contributed by atoms with Crippen LogP contribution in [0.5, 0.6) is 5.75 Å². The summed E-state index contributed by atoms with van der Waals surface area (Å²) in [5.74, 6) is 0.332. The van der Waals surface area contributed by atoms with Gasteiger partial charge in [-0.1, -0.05) is 17.7 Å². The Kier molecular flexibility index (Phi) is 3.54. The first kappa shape index (κ1) is 12.2. The topological polar surface area (TPSA) is 58.6 Å². The molecule has 0 heterocycles. The first-order chi connectivity index (χ1) is 8.13. The number of benzene rings is 1. The van der Waals surface area contributed by atoms with Crippen LogP contribution < -0.4 is 10.1 Å². The van der Waals surface area contributed by atoms with Gasteiger partial charge in [0.25, 0.3) is 5.91 Å². The Morgan fingerprint density at radius 2 is 2.29 bits per heavy atom. The molecule has 1 aromatic carbocycles. The van der Waals surface area contributed by atoms with Crippen LogP contribution in [0.3, 0.4) is 0 Å². The quantitative estimate of drug-likeness (QED) is 0.835. The van der Waals surface area contributed by atoms with Gasteiger partial charge in [-0.05, 0) is 31.0 Å². The highest BCUT2D eigenvalue weighted by atomic mass is 35.5. The van der Waals surface area contributed by atoms with Gasteiger partial charge in [-0.15, -0.1) is 0 Å². The molecule has 0 atom stereocenters. The lowest BCUT2D eigenvalue weighted by Crippen LogP contribution is -2.42. The van der Waals surface area contributed by atoms with E-state index in [1.54, 1.807) is 24.3 Å². The molecule has 4 nitrogen and oxygen atoms in total. The number of hydrogen-bond donors (Lipinski definition) is 2. The second kappa shape index (κ2) is 4.94. The summed E-state index contributed by atoms with van der Waals surface area (Å²) < 4.78 is 5.29. The standard InChI is InChI=1S/C12H14ClNO3/c13-9-2-1-3-10(6-9)17-7-11(16)14-12(8-15)4-5-12/h1-3,6,15H,4-5,7-8H2,(H,14,16). The lowest BCUT2D eigenvalue weighted by molar-refractivity contribution is -0.124. The summed E-state index contributed by atoms with van der Waals surface area (Å²) in [6, 6.07) is 6.87. The van der Waals surface area contributed by atoms with Crippen molar-refractivity contribution in [3.05, 3.63) is 29.3 Å². The lowest BCUT2D eigenvalue weighted by atomic mass is 10.3. The molecule has 17 heavy (non-hydrogen) atoms. The molecule has 0 unspecified atom stereocenters. The number of hydrogen-bond acceptors (Lipinski definition) is 3. The summed E-state index contributed by atoms with van der Waals surface area (Å²) in [5.41, 5.74) is -0.394. The number of rotatable bonds is 5. The van der Waals surface area contributed by atoms with Gasteiger partial charge in [0, 0.05) is 5.02 Å². The van der Waals surface area contributed by atoms with Gasteiger partial charge in [-0.25, -0.2) is 0 Å². The van der Waals surface area contributed by atoms with Crippen LogP contribution in [0.25, 0.3) is 0 Å². The van der Waals surface area contributed by atoms with Gasteiger partial charge < -0.3 is 15.2 Å². The molecular formula is C12H14ClNO3. The Balaban J connectivity index is 1.80. The van der Waals surface area contributed by atoms with Crippen LogP contribution in [0.2, 0.25) is 5.02 Å². The summed E-state index contributed by atoms with van der Waals surface area (Å²) in [6.45, 7) is -0.0853. The zero-order valence-corrected chi connectivity index (χ0v) is 10.0. The largest absolute Gasteiger partial charge is 0.484 e. The van der Waals surface area contributed by atoms with Crippen LogP contribution in [0.1, 0.15) is 12.8 Å². The highest BCUT2D eigenvalue weighted by Crippen LogP contribution is 2.34. The molecule has 1 aliphatic carbocycles. The number of halogens is 1. The Morgan fingerprint density at radius 3 is 2.88 bits per heavy atom. The Bertz CT molecular complexity index is 418. The number of nitrogens with one attached hydrogen (secondary N) is 1. The summed E-state index contributed by atoms with van der Waals surface area (Å²) in [4.78, 5) is 11.5. The van der Waals surface area contributed by atoms with Crippen molar-refractivity contribution in [2.24, 2.45) is 0 Å². The Morgan fingerprint density at radius 1 is 1.53 bits per heavy atom. The maximum absolute atomic E-state index is 11.5. The minimum Gasteiger partial charge on any atom is -0.484 e. The van der Waals surface area contributed by atoms with Gasteiger partial charge in [-0.3, -0.25) is 4.79 Å². The summed E-state index contributed by atoms with van der Waals surface area (Å²) in [7, 11) is 0. The van der Waals surface area contributed by atoms with E-state index in [9.17, 15) is 4.79 Å². The number of aliphatic hydroxyl groups excluding tert-OH is 1. The summed E-state index contributed by atoms with van der Waals surface area (Å²) >= 11 is 5.79. The molecule has 1 amide bonds. The van der Waals surface area contributed by atoms with Crippen LogP contribution in [0.15, 0.2) is 24.3 Å². The minimum atomic E-state index is -0.394. The zero-order chi connectivity index (χ0) is 12.3. The van der Waals surface area contributed by atoms with Crippen molar-refractivity contribution >= 4 is 17.5 Å². The molecular weight excluding hydrogens is 242 g/mol. The van der Waals surface area contributed by atoms with Crippen LogP contribution in [0, 0.1) is 0 Å². The molecule has 2 N–H and O–H groups in total. The van der Waals surface area contributed by atoms with Gasteiger partial charge in [0.2, 0.25) is 0 Å². The second-order valence-corrected chi connectivity index (χ2v) is 4.67. The fourth-order valence-electron chi connectivity index (χ4n) is 1.51. The molecule has 1 saturated carbocycles. The Hall–Kier alpha value is -1.26. The molecule has 0 spiro atoms. The number of carbonyl (C=O) groups is 1. The van der Waals surface area contributed by atoms with Gasteiger partial charge in [0.05, 0.1) is 12.1 Å². The summed E-state index contributed by atoms with van der Waals surface area (Å²) in [5, 5.41) is 12.4. The highest BCUT2D eigenvalue weighted by molar-refractivity contribution is 6.30. The predicted octanol–water partition coefficient (Wildman–Crippen LogP) is 1.36. The van der Waals surface area contributed by atoms with E-state index < -0.39 is 5.54 Å². The van der Waals surface area contributed by atoms with E-state index in [1.807, 2.05) is 0 Å². The molecule has 0 aromatic heterocycles. The van der Waals surface area contributed by atoms with Crippen molar-refractivity contribution in [1.82, 2.24) is 5.32 Å². The number of carbonyl (C=O) groups excluding carboxylic acids is 1. The normalized spacial score (nSPS) is 16.4. The minimum absolute atomic E-state index is 0.0180. The van der Waals surface area contributed by atoms with Gasteiger partial charge >= 0.3 is 0 Å². The first-order valence-corrected chi connectivity index (χ1v) is 5.82. The number of aliphatic hydroxyl groups is 1. The highest BCUT2D eigenvalue weighted by Gasteiger charge is 2.43. The van der Waals surface area contributed by atoms with Crippen LogP contribution in [0.4, 0.5) is 0 Å². The smallest absolute Gasteiger partial charge is 0.258 e. The van der Waals surface area contributed by atoms with E-state index >= 15 is 0 Å². The molecule has 92 valence electrons. The SMILES string of the molecule is O=C(COc1cccc(Cl)c1)NC1(CO)CC1. The molecule has 5 heteroatoms. The number of amides is 1. The van der Waals surface area contributed by atoms with Crippen molar-refractivity contribution in [3.63, 3.8) is 0 Å². The molecule has 0 radical (unpaired) electrons. The van der Waals surface area contributed by atoms with E-state index in [4.69, 9.17) is 21.4 Å². The number of ether oxygens (including phenoxy) is 1. The van der Waals surface area contributed by atoms with Crippen molar-refractivity contribution in [1.29, 1.82) is 0 Å². The van der Waals surface area contributed by atoms with Crippen LogP contribution in [-0.2, 0) is 4.79 Å². The molecule has 1 fully saturated rings. The van der Waals surface area contributed by atoms with Gasteiger partial charge in [0.1, 0.15) is 5.75 Å². The summed E-state index contributed by atoms with van der Waals surface area (Å²) in [6.07, 6.45) is 1.65. The average Bonchev–Trinajstić information content (AvgIpc) is 3.07. The molecule has 0 bridgehead atoms. The van der Waals surface area contributed by atoms with E-state index in [0.29, 0.717) is 10.8 Å². The predicted molar refractivity (Wildman–Crippen MR) is 64.1 cm³/mol. The molecule has 1 aromatic rings. The van der Waals surface area contributed by atoms with Crippen molar-refractivity contribution in [2.75, 3.05) is 13.2 Å². The van der Waals surface area contributed by atoms with E-state index in [1.165, 1.54) is 0 Å². The fraction of sp³-hybridized carbons (Fsp3) is 0.417. The van der Waals surface area contributed by atoms with Crippen molar-refractivity contribution in [2.45, 2.75) is 18.4 Å². The monoisotopic (exact) mass is 255 g/mol. The first-order valence-electron chi connectivity index (χ1n) is 5.44. The van der Waals surface area contributed by atoms with Gasteiger partial charge in [-0.2, -0.15) is 0 Å². The zero-order valence-electron chi connectivity index (χ0n) is 9.28. The Labute approximate surface area is 105 Å². The van der Waals surface area contributed by atoms with Crippen molar-refractivity contribution < 1.29 is 14.6 Å². The van der Waals surface area contributed by atoms with Crippen LogP contribution >= 0.6 is 11.6 Å². The molecule has 1 aliphatic rings.